The molecule has 0 atom stereocenters. The maximum absolute atomic E-state index is 13.2. The molecule has 0 aromatic heterocycles. The lowest BCUT2D eigenvalue weighted by molar-refractivity contribution is -0.122. The average molecular weight is 605 g/mol. The Balaban J connectivity index is 1.69. The Bertz CT molecular complexity index is 1360. The molecule has 6 nitrogen and oxygen atoms in total. The molecule has 1 aliphatic heterocycles. The maximum Gasteiger partial charge on any atom is 0.335 e. The predicted octanol–water partition coefficient (Wildman–Crippen LogP) is 6.42. The van der Waals surface area contributed by atoms with Crippen LogP contribution >= 0.6 is 43.5 Å². The third-order valence-corrected chi connectivity index (χ3v) is 6.80. The van der Waals surface area contributed by atoms with Crippen LogP contribution in [0, 0.1) is 6.92 Å². The minimum absolute atomic E-state index is 0.208. The van der Waals surface area contributed by atoms with Gasteiger partial charge in [0.2, 0.25) is 0 Å². The molecule has 1 saturated heterocycles. The first-order chi connectivity index (χ1) is 16.2. The molecule has 0 spiro atoms. The minimum Gasteiger partial charge on any atom is -0.488 e. The summed E-state index contributed by atoms with van der Waals surface area (Å²) in [7, 11) is 0. The lowest BCUT2D eigenvalue weighted by Crippen LogP contribution is -2.54. The van der Waals surface area contributed by atoms with Crippen molar-refractivity contribution in [2.75, 3.05) is 4.90 Å². The number of carbonyl (C=O) groups excluding carboxylic acids is 3. The van der Waals surface area contributed by atoms with Crippen LogP contribution in [0.15, 0.2) is 75.2 Å². The van der Waals surface area contributed by atoms with E-state index in [1.807, 2.05) is 31.2 Å². The smallest absolute Gasteiger partial charge is 0.335 e. The van der Waals surface area contributed by atoms with Gasteiger partial charge in [-0.25, -0.2) is 9.69 Å². The fourth-order valence-corrected chi connectivity index (χ4v) is 4.26. The second kappa shape index (κ2) is 10.1. The molecule has 4 amide bonds. The molecule has 0 aliphatic carbocycles. The van der Waals surface area contributed by atoms with Crippen molar-refractivity contribution in [3.63, 3.8) is 0 Å². The van der Waals surface area contributed by atoms with Gasteiger partial charge < -0.3 is 4.74 Å². The number of barbiturate groups is 1. The minimum atomic E-state index is -0.841. The van der Waals surface area contributed by atoms with Crippen molar-refractivity contribution in [2.45, 2.75) is 13.5 Å². The Hall–Kier alpha value is -2.94. The van der Waals surface area contributed by atoms with Crippen LogP contribution in [-0.2, 0) is 16.2 Å². The molecular weight excluding hydrogens is 588 g/mol. The van der Waals surface area contributed by atoms with Crippen LogP contribution in [-0.4, -0.2) is 17.8 Å². The lowest BCUT2D eigenvalue weighted by Gasteiger charge is -2.26. The van der Waals surface area contributed by atoms with Gasteiger partial charge in [-0.2, -0.15) is 0 Å². The van der Waals surface area contributed by atoms with Gasteiger partial charge in [0.05, 0.1) is 5.69 Å². The van der Waals surface area contributed by atoms with E-state index in [2.05, 4.69) is 37.2 Å². The molecule has 0 unspecified atom stereocenters. The molecule has 1 fully saturated rings. The van der Waals surface area contributed by atoms with Gasteiger partial charge in [-0.3, -0.25) is 14.9 Å². The van der Waals surface area contributed by atoms with Crippen LogP contribution in [0.25, 0.3) is 6.08 Å². The van der Waals surface area contributed by atoms with Crippen molar-refractivity contribution in [3.05, 3.63) is 96.9 Å². The zero-order valence-electron chi connectivity index (χ0n) is 17.8. The van der Waals surface area contributed by atoms with Gasteiger partial charge >= 0.3 is 6.03 Å². The number of anilines is 1. The summed E-state index contributed by atoms with van der Waals surface area (Å²) in [6.07, 6.45) is 1.41. The number of hydrogen-bond acceptors (Lipinski definition) is 4. The number of imide groups is 2. The van der Waals surface area contributed by atoms with Crippen molar-refractivity contribution >= 4 is 73.1 Å². The predicted molar refractivity (Wildman–Crippen MR) is 138 cm³/mol. The van der Waals surface area contributed by atoms with E-state index in [1.165, 1.54) is 12.1 Å². The van der Waals surface area contributed by atoms with Gasteiger partial charge in [0.1, 0.15) is 17.9 Å². The van der Waals surface area contributed by atoms with E-state index in [0.29, 0.717) is 16.3 Å². The summed E-state index contributed by atoms with van der Waals surface area (Å²) >= 11 is 13.1. The normalized spacial score (nSPS) is 15.0. The molecule has 0 bridgehead atoms. The summed E-state index contributed by atoms with van der Waals surface area (Å²) in [5.74, 6) is -1.08. The third kappa shape index (κ3) is 5.09. The van der Waals surface area contributed by atoms with Crippen LogP contribution in [0.2, 0.25) is 5.02 Å². The first-order valence-electron chi connectivity index (χ1n) is 10.1. The number of hydrogen-bond donors (Lipinski definition) is 1. The molecule has 0 saturated carbocycles. The zero-order chi connectivity index (χ0) is 24.4. The second-order valence-electron chi connectivity index (χ2n) is 7.45. The van der Waals surface area contributed by atoms with E-state index >= 15 is 0 Å². The van der Waals surface area contributed by atoms with Crippen LogP contribution in [0.3, 0.4) is 0 Å². The highest BCUT2D eigenvalue weighted by atomic mass is 79.9. The molecule has 34 heavy (non-hydrogen) atoms. The molecule has 0 radical (unpaired) electrons. The summed E-state index contributed by atoms with van der Waals surface area (Å²) < 4.78 is 7.63. The van der Waals surface area contributed by atoms with Gasteiger partial charge in [0, 0.05) is 25.1 Å². The van der Waals surface area contributed by atoms with Gasteiger partial charge in [0.15, 0.2) is 0 Å². The van der Waals surface area contributed by atoms with Crippen molar-refractivity contribution in [2.24, 2.45) is 0 Å². The Morgan fingerprint density at radius 1 is 1.03 bits per heavy atom. The van der Waals surface area contributed by atoms with Crippen LogP contribution in [0.4, 0.5) is 10.5 Å². The number of amides is 4. The quantitative estimate of drug-likeness (QED) is 0.270. The monoisotopic (exact) mass is 602 g/mol. The highest BCUT2D eigenvalue weighted by Crippen LogP contribution is 2.30. The molecule has 1 N–H and O–H groups in total. The number of benzene rings is 3. The number of urea groups is 1. The van der Waals surface area contributed by atoms with E-state index in [4.69, 9.17) is 16.3 Å². The Labute approximate surface area is 217 Å². The molecule has 9 heteroatoms. The van der Waals surface area contributed by atoms with Gasteiger partial charge in [-0.05, 0) is 55.0 Å². The molecular formula is C25H17Br2ClN2O4. The van der Waals surface area contributed by atoms with Gasteiger partial charge in [-0.15, -0.1) is 0 Å². The summed E-state index contributed by atoms with van der Waals surface area (Å²) in [5, 5.41) is 2.62. The van der Waals surface area contributed by atoms with E-state index in [-0.39, 0.29) is 17.9 Å². The molecule has 1 aliphatic rings. The molecule has 1 heterocycles. The van der Waals surface area contributed by atoms with Gasteiger partial charge in [-0.1, -0.05) is 67.7 Å². The summed E-state index contributed by atoms with van der Waals surface area (Å²) in [6.45, 7) is 2.08. The van der Waals surface area contributed by atoms with Crippen molar-refractivity contribution in [3.8, 4) is 5.75 Å². The summed E-state index contributed by atoms with van der Waals surface area (Å²) in [5.41, 5.74) is 2.28. The molecule has 172 valence electrons. The largest absolute Gasteiger partial charge is 0.488 e. The van der Waals surface area contributed by atoms with E-state index in [9.17, 15) is 14.4 Å². The lowest BCUT2D eigenvalue weighted by atomic mass is 10.1. The van der Waals surface area contributed by atoms with Crippen LogP contribution in [0.1, 0.15) is 16.7 Å². The Kier molecular flexibility index (Phi) is 7.21. The van der Waals surface area contributed by atoms with Crippen molar-refractivity contribution in [1.29, 1.82) is 0 Å². The third-order valence-electron chi connectivity index (χ3n) is 5.13. The molecule has 3 aromatic rings. The van der Waals surface area contributed by atoms with Crippen molar-refractivity contribution < 1.29 is 19.1 Å². The first kappa shape index (κ1) is 24.2. The highest BCUT2D eigenvalue weighted by Gasteiger charge is 2.37. The number of carbonyl (C=O) groups is 3. The topological polar surface area (TPSA) is 75.7 Å². The van der Waals surface area contributed by atoms with Crippen LogP contribution in [0.5, 0.6) is 5.75 Å². The number of nitrogens with one attached hydrogen (secondary N) is 1. The van der Waals surface area contributed by atoms with Crippen LogP contribution < -0.4 is 15.0 Å². The van der Waals surface area contributed by atoms with E-state index in [0.717, 1.165) is 25.0 Å². The second-order valence-corrected chi connectivity index (χ2v) is 9.63. The fraction of sp³-hybridized carbons (Fsp3) is 0.0800. The highest BCUT2D eigenvalue weighted by molar-refractivity contribution is 9.10. The summed E-state index contributed by atoms with van der Waals surface area (Å²) in [4.78, 5) is 39.2. The number of rotatable bonds is 5. The van der Waals surface area contributed by atoms with Gasteiger partial charge in [0.25, 0.3) is 11.8 Å². The number of halogens is 3. The number of ether oxygens (including phenoxy) is 1. The van der Waals surface area contributed by atoms with E-state index < -0.39 is 17.8 Å². The number of aryl methyl sites for hydroxylation is 1. The summed E-state index contributed by atoms with van der Waals surface area (Å²) in [6, 6.07) is 16.9. The Morgan fingerprint density at radius 3 is 2.53 bits per heavy atom. The maximum atomic E-state index is 13.2. The number of nitrogens with zero attached hydrogens (tertiary/aromatic N) is 1. The Morgan fingerprint density at radius 2 is 1.79 bits per heavy atom. The zero-order valence-corrected chi connectivity index (χ0v) is 21.7. The standard InChI is InChI=1S/C25H17Br2ClN2O4/c1-14-6-8-18(12-21(14)28)30-24(32)19(23(31)29-25(30)33)11-16-10-17(26)7-9-22(16)34-13-15-4-2-3-5-20(15)27/h2-12H,13H2,1H3,(H,29,31,33)/b19-11+. The molecule has 3 aromatic carbocycles. The first-order valence-corrected chi connectivity index (χ1v) is 12.0. The fourth-order valence-electron chi connectivity index (χ4n) is 3.30. The van der Waals surface area contributed by atoms with Crippen molar-refractivity contribution in [1.82, 2.24) is 5.32 Å². The molecule has 4 rings (SSSR count). The van der Waals surface area contributed by atoms with E-state index in [1.54, 1.807) is 30.3 Å². The SMILES string of the molecule is Cc1ccc(N2C(=O)NC(=O)/C(=C\c3cc(Br)ccc3OCc3ccccc3Br)C2=O)cc1Cl. The average Bonchev–Trinajstić information content (AvgIpc) is 2.79.